The Labute approximate surface area is 151 Å². The third-order valence-electron chi connectivity index (χ3n) is 4.33. The van der Waals surface area contributed by atoms with Gasteiger partial charge in [-0.05, 0) is 11.6 Å². The van der Waals surface area contributed by atoms with Gasteiger partial charge >= 0.3 is 0 Å². The average Bonchev–Trinajstić information content (AvgIpc) is 3.26. The van der Waals surface area contributed by atoms with Crippen LogP contribution in [-0.4, -0.2) is 24.9 Å². The Morgan fingerprint density at radius 2 is 1.96 bits per heavy atom. The summed E-state index contributed by atoms with van der Waals surface area (Å²) in [6.07, 6.45) is 0. The standard InChI is InChI=1S/C20H20N2O2S/c1-23-12-11-22-18(15-7-3-2-4-8-15)14-25-20(22)21-17-13-24-19-10-6-5-9-16(17)19/h2-10,14,17H,11-13H2,1H3. The molecule has 1 unspecified atom stereocenters. The number of hydrogen-bond donors (Lipinski definition) is 0. The molecule has 2 aromatic carbocycles. The van der Waals surface area contributed by atoms with Crippen molar-refractivity contribution in [3.63, 3.8) is 0 Å². The van der Waals surface area contributed by atoms with E-state index in [0.29, 0.717) is 13.2 Å². The third-order valence-corrected chi connectivity index (χ3v) is 5.20. The van der Waals surface area contributed by atoms with Crippen molar-refractivity contribution in [3.05, 3.63) is 70.3 Å². The number of para-hydroxylation sites is 1. The Morgan fingerprint density at radius 1 is 1.16 bits per heavy atom. The predicted molar refractivity (Wildman–Crippen MR) is 99.9 cm³/mol. The maximum atomic E-state index is 5.77. The van der Waals surface area contributed by atoms with Crippen molar-refractivity contribution in [1.29, 1.82) is 0 Å². The molecule has 0 spiro atoms. The van der Waals surface area contributed by atoms with E-state index in [4.69, 9.17) is 14.5 Å². The number of rotatable bonds is 5. The van der Waals surface area contributed by atoms with Crippen molar-refractivity contribution in [3.8, 4) is 17.0 Å². The maximum absolute atomic E-state index is 5.77. The summed E-state index contributed by atoms with van der Waals surface area (Å²) in [5.41, 5.74) is 3.53. The summed E-state index contributed by atoms with van der Waals surface area (Å²) < 4.78 is 13.3. The quantitative estimate of drug-likeness (QED) is 0.698. The van der Waals surface area contributed by atoms with E-state index in [2.05, 4.69) is 40.3 Å². The normalized spacial score (nSPS) is 16.7. The SMILES string of the molecule is COCCn1c(-c2ccccc2)csc1=NC1COc2ccccc21. The second-order valence-corrected chi connectivity index (χ2v) is 6.74. The summed E-state index contributed by atoms with van der Waals surface area (Å²) >= 11 is 1.67. The molecule has 128 valence electrons. The van der Waals surface area contributed by atoms with Gasteiger partial charge in [0.1, 0.15) is 18.4 Å². The number of thiazole rings is 1. The molecule has 25 heavy (non-hydrogen) atoms. The second kappa shape index (κ2) is 7.25. The molecule has 0 saturated carbocycles. The average molecular weight is 352 g/mol. The number of aromatic nitrogens is 1. The first kappa shape index (κ1) is 16.1. The summed E-state index contributed by atoms with van der Waals surface area (Å²) in [6.45, 7) is 2.03. The van der Waals surface area contributed by atoms with Crippen LogP contribution in [0.4, 0.5) is 0 Å². The number of benzene rings is 2. The minimum atomic E-state index is 0.0484. The molecule has 1 aromatic heterocycles. The molecule has 0 saturated heterocycles. The molecule has 0 N–H and O–H groups in total. The van der Waals surface area contributed by atoms with Gasteiger partial charge in [-0.1, -0.05) is 48.5 Å². The van der Waals surface area contributed by atoms with E-state index in [1.165, 1.54) is 11.3 Å². The number of nitrogens with zero attached hydrogens (tertiary/aromatic N) is 2. The van der Waals surface area contributed by atoms with E-state index in [1.54, 1.807) is 18.4 Å². The number of fused-ring (bicyclic) bond motifs is 1. The third kappa shape index (κ3) is 3.25. The highest BCUT2D eigenvalue weighted by Gasteiger charge is 2.23. The monoisotopic (exact) mass is 352 g/mol. The van der Waals surface area contributed by atoms with Gasteiger partial charge in [0.15, 0.2) is 4.80 Å². The van der Waals surface area contributed by atoms with Gasteiger partial charge in [0.2, 0.25) is 0 Å². The van der Waals surface area contributed by atoms with Crippen LogP contribution in [0.2, 0.25) is 0 Å². The van der Waals surface area contributed by atoms with Crippen LogP contribution in [0.5, 0.6) is 5.75 Å². The van der Waals surface area contributed by atoms with Crippen LogP contribution >= 0.6 is 11.3 Å². The van der Waals surface area contributed by atoms with Crippen LogP contribution in [0.15, 0.2) is 65.0 Å². The van der Waals surface area contributed by atoms with Crippen LogP contribution in [0.1, 0.15) is 11.6 Å². The van der Waals surface area contributed by atoms with Crippen molar-refractivity contribution >= 4 is 11.3 Å². The molecular formula is C20H20N2O2S. The van der Waals surface area contributed by atoms with Crippen molar-refractivity contribution in [2.75, 3.05) is 20.3 Å². The zero-order valence-corrected chi connectivity index (χ0v) is 14.9. The van der Waals surface area contributed by atoms with E-state index in [9.17, 15) is 0 Å². The smallest absolute Gasteiger partial charge is 0.186 e. The minimum Gasteiger partial charge on any atom is -0.491 e. The zero-order chi connectivity index (χ0) is 17.1. The highest BCUT2D eigenvalue weighted by Crippen LogP contribution is 2.34. The molecule has 1 atom stereocenters. The van der Waals surface area contributed by atoms with Crippen LogP contribution in [0.25, 0.3) is 11.3 Å². The van der Waals surface area contributed by atoms with Gasteiger partial charge < -0.3 is 14.0 Å². The van der Waals surface area contributed by atoms with Crippen molar-refractivity contribution in [2.45, 2.75) is 12.6 Å². The summed E-state index contributed by atoms with van der Waals surface area (Å²) in [7, 11) is 1.73. The molecule has 3 aromatic rings. The molecule has 1 aliphatic rings. The summed E-state index contributed by atoms with van der Waals surface area (Å²) in [4.78, 5) is 6.00. The van der Waals surface area contributed by atoms with Gasteiger partial charge in [0.05, 0.1) is 12.3 Å². The topological polar surface area (TPSA) is 35.8 Å². The Kier molecular flexibility index (Phi) is 4.68. The van der Waals surface area contributed by atoms with Crippen molar-refractivity contribution in [1.82, 2.24) is 4.57 Å². The lowest BCUT2D eigenvalue weighted by Crippen LogP contribution is -2.20. The number of methoxy groups -OCH3 is 1. The maximum Gasteiger partial charge on any atom is 0.186 e. The van der Waals surface area contributed by atoms with E-state index in [1.807, 2.05) is 24.3 Å². The molecule has 0 radical (unpaired) electrons. The summed E-state index contributed by atoms with van der Waals surface area (Å²) in [5, 5.41) is 2.17. The lowest BCUT2D eigenvalue weighted by molar-refractivity contribution is 0.187. The fourth-order valence-corrected chi connectivity index (χ4v) is 4.04. The zero-order valence-electron chi connectivity index (χ0n) is 14.1. The largest absolute Gasteiger partial charge is 0.491 e. The molecule has 0 fully saturated rings. The Morgan fingerprint density at radius 3 is 2.80 bits per heavy atom. The molecule has 4 nitrogen and oxygen atoms in total. The van der Waals surface area contributed by atoms with Crippen LogP contribution < -0.4 is 9.54 Å². The lowest BCUT2D eigenvalue weighted by atomic mass is 10.1. The van der Waals surface area contributed by atoms with Gasteiger partial charge in [-0.25, -0.2) is 4.99 Å². The number of hydrogen-bond acceptors (Lipinski definition) is 4. The fraction of sp³-hybridized carbons (Fsp3) is 0.250. The van der Waals surface area contributed by atoms with E-state index < -0.39 is 0 Å². The van der Waals surface area contributed by atoms with Crippen molar-refractivity contribution < 1.29 is 9.47 Å². The highest BCUT2D eigenvalue weighted by molar-refractivity contribution is 7.07. The molecule has 4 rings (SSSR count). The molecule has 0 bridgehead atoms. The predicted octanol–water partition coefficient (Wildman–Crippen LogP) is 3.90. The molecule has 2 heterocycles. The van der Waals surface area contributed by atoms with E-state index >= 15 is 0 Å². The molecule has 0 aliphatic carbocycles. The van der Waals surface area contributed by atoms with Gasteiger partial charge in [-0.15, -0.1) is 11.3 Å². The molecule has 5 heteroatoms. The Bertz CT molecular complexity index is 915. The molecular weight excluding hydrogens is 332 g/mol. The fourth-order valence-electron chi connectivity index (χ4n) is 3.06. The Balaban J connectivity index is 1.76. The molecule has 1 aliphatic heterocycles. The van der Waals surface area contributed by atoms with Gasteiger partial charge in [-0.2, -0.15) is 0 Å². The van der Waals surface area contributed by atoms with Gasteiger partial charge in [-0.3, -0.25) is 0 Å². The summed E-state index contributed by atoms with van der Waals surface area (Å²) in [6, 6.07) is 18.6. The molecule has 0 amide bonds. The second-order valence-electron chi connectivity index (χ2n) is 5.91. The highest BCUT2D eigenvalue weighted by atomic mass is 32.1. The first-order valence-electron chi connectivity index (χ1n) is 8.35. The van der Waals surface area contributed by atoms with Crippen LogP contribution in [-0.2, 0) is 11.3 Å². The van der Waals surface area contributed by atoms with E-state index in [0.717, 1.165) is 22.7 Å². The number of ether oxygens (including phenoxy) is 2. The van der Waals surface area contributed by atoms with Gasteiger partial charge in [0, 0.05) is 24.6 Å². The minimum absolute atomic E-state index is 0.0484. The first-order chi connectivity index (χ1) is 12.4. The van der Waals surface area contributed by atoms with E-state index in [-0.39, 0.29) is 6.04 Å². The lowest BCUT2D eigenvalue weighted by Gasteiger charge is -2.09. The summed E-state index contributed by atoms with van der Waals surface area (Å²) in [5.74, 6) is 0.944. The van der Waals surface area contributed by atoms with Crippen molar-refractivity contribution in [2.24, 2.45) is 4.99 Å². The Hall–Kier alpha value is -2.37. The van der Waals surface area contributed by atoms with Crippen LogP contribution in [0, 0.1) is 0 Å². The first-order valence-corrected chi connectivity index (χ1v) is 9.23. The van der Waals surface area contributed by atoms with Crippen LogP contribution in [0.3, 0.4) is 0 Å². The van der Waals surface area contributed by atoms with Gasteiger partial charge in [0.25, 0.3) is 0 Å².